The molecule has 1 aliphatic rings. The molecule has 0 atom stereocenters. The summed E-state index contributed by atoms with van der Waals surface area (Å²) in [6, 6.07) is 14.1. The molecule has 0 bridgehead atoms. The molecule has 2 aromatic carbocycles. The number of nitrogens with one attached hydrogen (secondary N) is 1. The Hall–Kier alpha value is -2.62. The van der Waals surface area contributed by atoms with Crippen molar-refractivity contribution in [2.45, 2.75) is 52.6 Å². The average Bonchev–Trinajstić information content (AvgIpc) is 3.10. The predicted octanol–water partition coefficient (Wildman–Crippen LogP) is 3.86. The lowest BCUT2D eigenvalue weighted by Gasteiger charge is -2.15. The number of likely N-dealkylation sites (tertiary alicyclic amines) is 1. The first-order chi connectivity index (χ1) is 13.1. The van der Waals surface area contributed by atoms with Crippen LogP contribution in [0.5, 0.6) is 0 Å². The number of aryl methyl sites for hydroxylation is 2. The van der Waals surface area contributed by atoms with E-state index in [1.807, 2.05) is 29.2 Å². The molecule has 1 N–H and O–H groups in total. The van der Waals surface area contributed by atoms with E-state index in [2.05, 4.69) is 37.4 Å². The van der Waals surface area contributed by atoms with Gasteiger partial charge in [-0.25, -0.2) is 0 Å². The highest BCUT2D eigenvalue weighted by Crippen LogP contribution is 2.16. The second kappa shape index (κ2) is 8.85. The van der Waals surface area contributed by atoms with Gasteiger partial charge in [-0.3, -0.25) is 9.59 Å². The summed E-state index contributed by atoms with van der Waals surface area (Å²) in [4.78, 5) is 26.1. The maximum absolute atomic E-state index is 12.5. The van der Waals surface area contributed by atoms with Crippen LogP contribution in [0.3, 0.4) is 0 Å². The Morgan fingerprint density at radius 3 is 2.37 bits per heavy atom. The SMILES string of the molecule is CCc1ccc(CC)c(CNC(=O)c2ccc(CN3CCCC3=O)cc2)c1. The van der Waals surface area contributed by atoms with Crippen LogP contribution in [-0.2, 0) is 30.7 Å². The van der Waals surface area contributed by atoms with Gasteiger partial charge in [0, 0.05) is 31.6 Å². The van der Waals surface area contributed by atoms with Gasteiger partial charge < -0.3 is 10.2 Å². The lowest BCUT2D eigenvalue weighted by atomic mass is 10.0. The van der Waals surface area contributed by atoms with Crippen LogP contribution in [-0.4, -0.2) is 23.3 Å². The molecule has 0 unspecified atom stereocenters. The highest BCUT2D eigenvalue weighted by molar-refractivity contribution is 5.94. The number of rotatable bonds is 7. The first kappa shape index (κ1) is 19.2. The van der Waals surface area contributed by atoms with Gasteiger partial charge >= 0.3 is 0 Å². The third kappa shape index (κ3) is 4.76. The summed E-state index contributed by atoms with van der Waals surface area (Å²) in [5.41, 5.74) is 5.46. The van der Waals surface area contributed by atoms with Crippen LogP contribution in [0.2, 0.25) is 0 Å². The van der Waals surface area contributed by atoms with Crippen molar-refractivity contribution >= 4 is 11.8 Å². The number of carbonyl (C=O) groups excluding carboxylic acids is 2. The topological polar surface area (TPSA) is 49.4 Å². The van der Waals surface area contributed by atoms with E-state index < -0.39 is 0 Å². The maximum atomic E-state index is 12.5. The highest BCUT2D eigenvalue weighted by Gasteiger charge is 2.20. The average molecular weight is 364 g/mol. The Balaban J connectivity index is 1.60. The van der Waals surface area contributed by atoms with Crippen molar-refractivity contribution in [1.29, 1.82) is 0 Å². The van der Waals surface area contributed by atoms with Crippen molar-refractivity contribution < 1.29 is 9.59 Å². The number of benzene rings is 2. The Bertz CT molecular complexity index is 812. The first-order valence-corrected chi connectivity index (χ1v) is 9.86. The molecule has 0 saturated carbocycles. The van der Waals surface area contributed by atoms with Crippen LogP contribution >= 0.6 is 0 Å². The summed E-state index contributed by atoms with van der Waals surface area (Å²) in [6.45, 7) is 6.28. The predicted molar refractivity (Wildman–Crippen MR) is 107 cm³/mol. The fourth-order valence-electron chi connectivity index (χ4n) is 3.54. The van der Waals surface area contributed by atoms with E-state index >= 15 is 0 Å². The van der Waals surface area contributed by atoms with Gasteiger partial charge in [-0.15, -0.1) is 0 Å². The van der Waals surface area contributed by atoms with E-state index in [0.717, 1.165) is 31.4 Å². The van der Waals surface area contributed by atoms with Crippen LogP contribution in [0.1, 0.15) is 59.3 Å². The third-order valence-corrected chi connectivity index (χ3v) is 5.26. The molecule has 0 radical (unpaired) electrons. The lowest BCUT2D eigenvalue weighted by molar-refractivity contribution is -0.128. The van der Waals surface area contributed by atoms with Crippen molar-refractivity contribution in [1.82, 2.24) is 10.2 Å². The number of nitrogens with zero attached hydrogens (tertiary/aromatic N) is 1. The molecular formula is C23H28N2O2. The van der Waals surface area contributed by atoms with E-state index in [1.165, 1.54) is 16.7 Å². The summed E-state index contributed by atoms with van der Waals surface area (Å²) in [7, 11) is 0. The Morgan fingerprint density at radius 2 is 1.74 bits per heavy atom. The van der Waals surface area contributed by atoms with Crippen LogP contribution in [0.15, 0.2) is 42.5 Å². The number of amides is 2. The lowest BCUT2D eigenvalue weighted by Crippen LogP contribution is -2.24. The molecule has 4 heteroatoms. The molecule has 1 saturated heterocycles. The van der Waals surface area contributed by atoms with Gasteiger partial charge in [0.05, 0.1) is 0 Å². The number of hydrogen-bond acceptors (Lipinski definition) is 2. The van der Waals surface area contributed by atoms with Gasteiger partial charge in [0.15, 0.2) is 0 Å². The number of carbonyl (C=O) groups is 2. The molecule has 2 aromatic rings. The van der Waals surface area contributed by atoms with Crippen molar-refractivity contribution in [3.63, 3.8) is 0 Å². The summed E-state index contributed by atoms with van der Waals surface area (Å²) < 4.78 is 0. The Morgan fingerprint density at radius 1 is 1.00 bits per heavy atom. The minimum atomic E-state index is -0.0669. The van der Waals surface area contributed by atoms with Crippen LogP contribution in [0, 0.1) is 0 Å². The van der Waals surface area contributed by atoms with Gasteiger partial charge in [-0.05, 0) is 53.6 Å². The molecule has 0 spiro atoms. The van der Waals surface area contributed by atoms with Gasteiger partial charge in [0.2, 0.25) is 5.91 Å². The molecule has 142 valence electrons. The Labute approximate surface area is 161 Å². The second-order valence-corrected chi connectivity index (χ2v) is 7.11. The molecule has 2 amide bonds. The van der Waals surface area contributed by atoms with Crippen molar-refractivity contribution in [3.8, 4) is 0 Å². The molecule has 1 heterocycles. The Kier molecular flexibility index (Phi) is 6.28. The monoisotopic (exact) mass is 364 g/mol. The van der Waals surface area contributed by atoms with E-state index in [-0.39, 0.29) is 11.8 Å². The van der Waals surface area contributed by atoms with E-state index in [1.54, 1.807) is 0 Å². The molecule has 1 aliphatic heterocycles. The first-order valence-electron chi connectivity index (χ1n) is 9.86. The molecule has 27 heavy (non-hydrogen) atoms. The quantitative estimate of drug-likeness (QED) is 0.811. The standard InChI is InChI=1S/C23H28N2O2/c1-3-17-7-10-19(4-2)21(14-17)15-24-23(27)20-11-8-18(9-12-20)16-25-13-5-6-22(25)26/h7-12,14H,3-6,13,15-16H2,1-2H3,(H,24,27). The van der Waals surface area contributed by atoms with Crippen molar-refractivity contribution in [3.05, 3.63) is 70.3 Å². The number of hydrogen-bond donors (Lipinski definition) is 1. The minimum Gasteiger partial charge on any atom is -0.348 e. The van der Waals surface area contributed by atoms with Crippen LogP contribution < -0.4 is 5.32 Å². The van der Waals surface area contributed by atoms with Crippen LogP contribution in [0.4, 0.5) is 0 Å². The molecule has 3 rings (SSSR count). The summed E-state index contributed by atoms with van der Waals surface area (Å²) >= 11 is 0. The van der Waals surface area contributed by atoms with E-state index in [0.29, 0.717) is 25.1 Å². The largest absolute Gasteiger partial charge is 0.348 e. The third-order valence-electron chi connectivity index (χ3n) is 5.26. The normalized spacial score (nSPS) is 13.9. The molecule has 0 aliphatic carbocycles. The smallest absolute Gasteiger partial charge is 0.251 e. The van der Waals surface area contributed by atoms with E-state index in [9.17, 15) is 9.59 Å². The zero-order chi connectivity index (χ0) is 19.2. The van der Waals surface area contributed by atoms with E-state index in [4.69, 9.17) is 0 Å². The van der Waals surface area contributed by atoms with Gasteiger partial charge in [-0.2, -0.15) is 0 Å². The summed E-state index contributed by atoms with van der Waals surface area (Å²) in [6.07, 6.45) is 3.54. The molecule has 4 nitrogen and oxygen atoms in total. The van der Waals surface area contributed by atoms with Crippen molar-refractivity contribution in [2.24, 2.45) is 0 Å². The van der Waals surface area contributed by atoms with Gasteiger partial charge in [0.1, 0.15) is 0 Å². The highest BCUT2D eigenvalue weighted by atomic mass is 16.2. The zero-order valence-electron chi connectivity index (χ0n) is 16.3. The maximum Gasteiger partial charge on any atom is 0.251 e. The van der Waals surface area contributed by atoms with Crippen LogP contribution in [0.25, 0.3) is 0 Å². The fourth-order valence-corrected chi connectivity index (χ4v) is 3.54. The second-order valence-electron chi connectivity index (χ2n) is 7.11. The summed E-state index contributed by atoms with van der Waals surface area (Å²) in [5.74, 6) is 0.153. The van der Waals surface area contributed by atoms with Gasteiger partial charge in [-0.1, -0.05) is 44.2 Å². The molecular weight excluding hydrogens is 336 g/mol. The van der Waals surface area contributed by atoms with Crippen molar-refractivity contribution in [2.75, 3.05) is 6.54 Å². The minimum absolute atomic E-state index is 0.0669. The van der Waals surface area contributed by atoms with Gasteiger partial charge in [0.25, 0.3) is 5.91 Å². The fraction of sp³-hybridized carbons (Fsp3) is 0.391. The molecule has 0 aromatic heterocycles. The summed E-state index contributed by atoms with van der Waals surface area (Å²) in [5, 5.41) is 3.04. The zero-order valence-corrected chi connectivity index (χ0v) is 16.3. The molecule has 1 fully saturated rings.